The zero-order valence-corrected chi connectivity index (χ0v) is 11.0. The minimum atomic E-state index is -3.40. The van der Waals surface area contributed by atoms with E-state index in [1.54, 1.807) is 11.4 Å². The zero-order valence-electron chi connectivity index (χ0n) is 9.39. The molecule has 7 heteroatoms. The third-order valence-corrected chi connectivity index (χ3v) is 5.57. The molecule has 1 atom stereocenters. The first kappa shape index (κ1) is 13.0. The number of nitrogens with two attached hydrogens (primary N) is 1. The Morgan fingerprint density at radius 1 is 1.59 bits per heavy atom. The van der Waals surface area contributed by atoms with Crippen molar-refractivity contribution in [1.82, 2.24) is 4.72 Å². The molecule has 0 amide bonds. The molecule has 0 aromatic carbocycles. The molecule has 96 valence electrons. The van der Waals surface area contributed by atoms with Gasteiger partial charge in [-0.2, -0.15) is 0 Å². The first-order chi connectivity index (χ1) is 8.12. The summed E-state index contributed by atoms with van der Waals surface area (Å²) in [5.41, 5.74) is 6.29. The molecule has 1 aliphatic rings. The molecule has 1 saturated heterocycles. The van der Waals surface area contributed by atoms with E-state index < -0.39 is 10.0 Å². The summed E-state index contributed by atoms with van der Waals surface area (Å²) in [5, 5.41) is 1.76. The molecule has 3 N–H and O–H groups in total. The number of ether oxygens (including phenoxy) is 1. The van der Waals surface area contributed by atoms with E-state index in [-0.39, 0.29) is 6.10 Å². The van der Waals surface area contributed by atoms with E-state index in [1.165, 1.54) is 11.3 Å². The second-order valence-corrected chi connectivity index (χ2v) is 6.87. The van der Waals surface area contributed by atoms with Gasteiger partial charge in [-0.25, -0.2) is 13.1 Å². The van der Waals surface area contributed by atoms with Crippen molar-refractivity contribution in [1.29, 1.82) is 0 Å². The molecule has 1 unspecified atom stereocenters. The Morgan fingerprint density at radius 3 is 3.00 bits per heavy atom. The summed E-state index contributed by atoms with van der Waals surface area (Å²) in [7, 11) is -3.40. The highest BCUT2D eigenvalue weighted by molar-refractivity contribution is 7.91. The molecule has 5 nitrogen and oxygen atoms in total. The highest BCUT2D eigenvalue weighted by Gasteiger charge is 2.21. The largest absolute Gasteiger partial charge is 0.377 e. The average molecular weight is 276 g/mol. The van der Waals surface area contributed by atoms with E-state index in [4.69, 9.17) is 10.5 Å². The fraction of sp³-hybridized carbons (Fsp3) is 0.600. The fourth-order valence-corrected chi connectivity index (χ4v) is 4.01. The van der Waals surface area contributed by atoms with Crippen molar-refractivity contribution in [2.24, 2.45) is 5.73 Å². The summed E-state index contributed by atoms with van der Waals surface area (Å²) in [5.74, 6) is 0. The van der Waals surface area contributed by atoms with Crippen molar-refractivity contribution in [2.75, 3.05) is 13.2 Å². The number of nitrogens with one attached hydrogen (secondary N) is 1. The quantitative estimate of drug-likeness (QED) is 0.828. The molecule has 1 fully saturated rings. The van der Waals surface area contributed by atoms with Gasteiger partial charge in [0.1, 0.15) is 4.21 Å². The van der Waals surface area contributed by atoms with Crippen LogP contribution in [0.2, 0.25) is 0 Å². The Hall–Kier alpha value is -0.470. The smallest absolute Gasteiger partial charge is 0.250 e. The molecular formula is C10H16N2O3S2. The zero-order chi connectivity index (χ0) is 12.3. The molecule has 2 heterocycles. The molecule has 1 aliphatic heterocycles. The van der Waals surface area contributed by atoms with Crippen LogP contribution >= 0.6 is 11.3 Å². The van der Waals surface area contributed by atoms with Crippen LogP contribution in [-0.2, 0) is 21.3 Å². The maximum Gasteiger partial charge on any atom is 0.250 e. The highest BCUT2D eigenvalue weighted by atomic mass is 32.2. The lowest BCUT2D eigenvalue weighted by atomic mass is 10.2. The van der Waals surface area contributed by atoms with Gasteiger partial charge >= 0.3 is 0 Å². The highest BCUT2D eigenvalue weighted by Crippen LogP contribution is 2.20. The molecule has 0 bridgehead atoms. The second-order valence-electron chi connectivity index (χ2n) is 3.97. The number of thiophene rings is 1. The van der Waals surface area contributed by atoms with Crippen LogP contribution in [0.15, 0.2) is 15.7 Å². The monoisotopic (exact) mass is 276 g/mol. The van der Waals surface area contributed by atoms with Crippen LogP contribution in [0.25, 0.3) is 0 Å². The minimum absolute atomic E-state index is 0.0127. The van der Waals surface area contributed by atoms with E-state index in [0.29, 0.717) is 17.3 Å². The second kappa shape index (κ2) is 5.45. The van der Waals surface area contributed by atoms with Crippen molar-refractivity contribution in [3.8, 4) is 0 Å². The first-order valence-corrected chi connectivity index (χ1v) is 7.87. The van der Waals surface area contributed by atoms with E-state index in [0.717, 1.165) is 25.0 Å². The number of rotatable bonds is 5. The van der Waals surface area contributed by atoms with Crippen LogP contribution in [0, 0.1) is 0 Å². The summed E-state index contributed by atoms with van der Waals surface area (Å²) >= 11 is 1.19. The molecule has 1 aromatic heterocycles. The van der Waals surface area contributed by atoms with Crippen molar-refractivity contribution >= 4 is 21.4 Å². The minimum Gasteiger partial charge on any atom is -0.377 e. The van der Waals surface area contributed by atoms with Crippen LogP contribution in [0.1, 0.15) is 18.4 Å². The predicted molar refractivity (Wildman–Crippen MR) is 66.4 cm³/mol. The fourth-order valence-electron chi connectivity index (χ4n) is 1.68. The number of sulfonamides is 1. The lowest BCUT2D eigenvalue weighted by Crippen LogP contribution is -2.31. The summed E-state index contributed by atoms with van der Waals surface area (Å²) < 4.78 is 32.1. The molecule has 2 rings (SSSR count). The van der Waals surface area contributed by atoms with Crippen molar-refractivity contribution < 1.29 is 13.2 Å². The molecule has 17 heavy (non-hydrogen) atoms. The Balaban J connectivity index is 1.97. The van der Waals surface area contributed by atoms with Gasteiger partial charge in [-0.3, -0.25) is 0 Å². The summed E-state index contributed by atoms with van der Waals surface area (Å²) in [6.07, 6.45) is 1.93. The number of hydrogen-bond acceptors (Lipinski definition) is 5. The Labute approximate surface area is 105 Å². The average Bonchev–Trinajstić information content (AvgIpc) is 2.98. The lowest BCUT2D eigenvalue weighted by Gasteiger charge is -2.10. The van der Waals surface area contributed by atoms with E-state index in [2.05, 4.69) is 4.72 Å². The maximum atomic E-state index is 11.9. The Bertz CT molecular complexity index is 464. The van der Waals surface area contributed by atoms with Crippen LogP contribution in [0.4, 0.5) is 0 Å². The third-order valence-electron chi connectivity index (χ3n) is 2.66. The van der Waals surface area contributed by atoms with Gasteiger partial charge in [-0.15, -0.1) is 11.3 Å². The van der Waals surface area contributed by atoms with Gasteiger partial charge in [0.2, 0.25) is 10.0 Å². The topological polar surface area (TPSA) is 81.4 Å². The van der Waals surface area contributed by atoms with Gasteiger partial charge in [0.25, 0.3) is 0 Å². The van der Waals surface area contributed by atoms with E-state index in [9.17, 15) is 8.42 Å². The SMILES string of the molecule is NCc1csc(S(=O)(=O)NCC2CCCO2)c1. The van der Waals surface area contributed by atoms with Gasteiger partial charge in [-0.1, -0.05) is 0 Å². The summed E-state index contributed by atoms with van der Waals surface area (Å²) in [4.78, 5) is 0. The maximum absolute atomic E-state index is 11.9. The van der Waals surface area contributed by atoms with Crippen molar-refractivity contribution in [2.45, 2.75) is 29.7 Å². The first-order valence-electron chi connectivity index (χ1n) is 5.50. The van der Waals surface area contributed by atoms with Gasteiger partial charge in [0, 0.05) is 19.7 Å². The van der Waals surface area contributed by atoms with Gasteiger partial charge in [-0.05, 0) is 29.9 Å². The molecule has 0 aliphatic carbocycles. The van der Waals surface area contributed by atoms with Crippen LogP contribution in [0.5, 0.6) is 0 Å². The van der Waals surface area contributed by atoms with Gasteiger partial charge in [0.05, 0.1) is 6.10 Å². The van der Waals surface area contributed by atoms with Gasteiger partial charge in [0.15, 0.2) is 0 Å². The molecule has 0 spiro atoms. The number of hydrogen-bond donors (Lipinski definition) is 2. The molecule has 0 radical (unpaired) electrons. The lowest BCUT2D eigenvalue weighted by molar-refractivity contribution is 0.114. The van der Waals surface area contributed by atoms with Crippen LogP contribution in [-0.4, -0.2) is 27.7 Å². The Morgan fingerprint density at radius 2 is 2.41 bits per heavy atom. The summed E-state index contributed by atoms with van der Waals surface area (Å²) in [6.45, 7) is 1.43. The normalized spacial score (nSPS) is 20.9. The van der Waals surface area contributed by atoms with E-state index in [1.807, 2.05) is 0 Å². The standard InChI is InChI=1S/C10H16N2O3S2/c11-5-8-4-10(16-7-8)17(13,14)12-6-9-2-1-3-15-9/h4,7,9,12H,1-3,5-6,11H2. The van der Waals surface area contributed by atoms with Crippen molar-refractivity contribution in [3.63, 3.8) is 0 Å². The van der Waals surface area contributed by atoms with Crippen LogP contribution in [0.3, 0.4) is 0 Å². The predicted octanol–water partition coefficient (Wildman–Crippen LogP) is 0.664. The third kappa shape index (κ3) is 3.26. The van der Waals surface area contributed by atoms with Crippen LogP contribution < -0.4 is 10.5 Å². The van der Waals surface area contributed by atoms with Crippen molar-refractivity contribution in [3.05, 3.63) is 17.0 Å². The molecular weight excluding hydrogens is 260 g/mol. The molecule has 0 saturated carbocycles. The molecule has 1 aromatic rings. The van der Waals surface area contributed by atoms with Gasteiger partial charge < -0.3 is 10.5 Å². The van der Waals surface area contributed by atoms with E-state index >= 15 is 0 Å². The summed E-state index contributed by atoms with van der Waals surface area (Å²) in [6, 6.07) is 1.61. The Kier molecular flexibility index (Phi) is 4.16.